The molecule has 11 heavy (non-hydrogen) atoms. The highest BCUT2D eigenvalue weighted by molar-refractivity contribution is 7.19. The van der Waals surface area contributed by atoms with E-state index in [1.54, 1.807) is 17.5 Å². The van der Waals surface area contributed by atoms with E-state index in [1.807, 2.05) is 19.1 Å². The van der Waals surface area contributed by atoms with Crippen molar-refractivity contribution in [3.05, 3.63) is 23.2 Å². The first kappa shape index (κ1) is 6.61. The Bertz CT molecular complexity index is 392. The summed E-state index contributed by atoms with van der Waals surface area (Å²) in [7, 11) is 0. The normalized spacial score (nSPS) is 10.6. The maximum absolute atomic E-state index is 5.79. The van der Waals surface area contributed by atoms with Gasteiger partial charge >= 0.3 is 0 Å². The van der Waals surface area contributed by atoms with Crippen LogP contribution in [0.2, 0.25) is 0 Å². The number of hydrogen-bond acceptors (Lipinski definition) is 3. The molecule has 0 saturated heterocycles. The maximum Gasteiger partial charge on any atom is 0.104 e. The van der Waals surface area contributed by atoms with Crippen LogP contribution in [0.15, 0.2) is 18.3 Å². The van der Waals surface area contributed by atoms with Crippen molar-refractivity contribution in [1.29, 1.82) is 0 Å². The second-order valence-corrected chi connectivity index (χ2v) is 3.68. The molecule has 0 bridgehead atoms. The number of hydrogen-bond donors (Lipinski definition) is 1. The van der Waals surface area contributed by atoms with Crippen LogP contribution in [0.4, 0.5) is 5.69 Å². The number of aryl methyl sites for hydroxylation is 1. The third-order valence-corrected chi connectivity index (χ3v) is 2.74. The average Bonchev–Trinajstić information content (AvgIpc) is 2.30. The van der Waals surface area contributed by atoms with Gasteiger partial charge in [-0.15, -0.1) is 11.3 Å². The molecular weight excluding hydrogens is 156 g/mol. The molecule has 2 heterocycles. The van der Waals surface area contributed by atoms with Gasteiger partial charge in [0.2, 0.25) is 0 Å². The Hall–Kier alpha value is -1.09. The quantitative estimate of drug-likeness (QED) is 0.648. The van der Waals surface area contributed by atoms with Gasteiger partial charge in [0, 0.05) is 11.1 Å². The summed E-state index contributed by atoms with van der Waals surface area (Å²) in [5.41, 5.74) is 7.55. The van der Waals surface area contributed by atoms with Gasteiger partial charge in [0.1, 0.15) is 5.52 Å². The number of rotatable bonds is 0. The van der Waals surface area contributed by atoms with E-state index in [1.165, 1.54) is 4.70 Å². The Morgan fingerprint density at radius 3 is 3.09 bits per heavy atom. The van der Waals surface area contributed by atoms with E-state index in [2.05, 4.69) is 4.98 Å². The van der Waals surface area contributed by atoms with Gasteiger partial charge in [0.05, 0.1) is 10.4 Å². The fourth-order valence-corrected chi connectivity index (χ4v) is 2.00. The number of nitrogens with zero attached hydrogens (tertiary/aromatic N) is 1. The average molecular weight is 164 g/mol. The molecule has 0 aromatic carbocycles. The molecule has 0 aliphatic carbocycles. The predicted molar refractivity (Wildman–Crippen MR) is 48.8 cm³/mol. The highest BCUT2D eigenvalue weighted by Gasteiger charge is 2.04. The highest BCUT2D eigenvalue weighted by atomic mass is 32.1. The van der Waals surface area contributed by atoms with Gasteiger partial charge < -0.3 is 5.73 Å². The first-order valence-corrected chi connectivity index (χ1v) is 4.20. The lowest BCUT2D eigenvalue weighted by Crippen LogP contribution is -1.84. The number of nitrogen functional groups attached to an aromatic ring is 1. The van der Waals surface area contributed by atoms with Crippen LogP contribution in [0, 0.1) is 6.92 Å². The molecule has 56 valence electrons. The summed E-state index contributed by atoms with van der Waals surface area (Å²) in [5.74, 6) is 0. The fraction of sp³-hybridized carbons (Fsp3) is 0.125. The van der Waals surface area contributed by atoms with Crippen LogP contribution in [-0.2, 0) is 0 Å². The van der Waals surface area contributed by atoms with E-state index >= 15 is 0 Å². The Morgan fingerprint density at radius 2 is 2.36 bits per heavy atom. The van der Waals surface area contributed by atoms with Crippen molar-refractivity contribution >= 4 is 27.2 Å². The SMILES string of the molecule is Cc1sc2cccnc2c1N. The number of thiophene rings is 1. The standard InChI is InChI=1S/C8H8N2S/c1-5-7(9)8-6(11-5)3-2-4-10-8/h2-4H,9H2,1H3. The molecule has 0 spiro atoms. The zero-order valence-electron chi connectivity index (χ0n) is 6.16. The number of nitrogens with two attached hydrogens (primary N) is 1. The lowest BCUT2D eigenvalue weighted by atomic mass is 10.3. The first-order valence-electron chi connectivity index (χ1n) is 3.38. The van der Waals surface area contributed by atoms with Crippen molar-refractivity contribution in [3.8, 4) is 0 Å². The second kappa shape index (κ2) is 2.20. The van der Waals surface area contributed by atoms with Crippen LogP contribution >= 0.6 is 11.3 Å². The van der Waals surface area contributed by atoms with Crippen molar-refractivity contribution in [2.75, 3.05) is 5.73 Å². The Labute approximate surface area is 68.7 Å². The summed E-state index contributed by atoms with van der Waals surface area (Å²) in [6.45, 7) is 2.02. The molecule has 0 aliphatic rings. The van der Waals surface area contributed by atoms with E-state index in [4.69, 9.17) is 5.73 Å². The summed E-state index contributed by atoms with van der Waals surface area (Å²) in [6, 6.07) is 3.97. The topological polar surface area (TPSA) is 38.9 Å². The van der Waals surface area contributed by atoms with Gasteiger partial charge in [-0.1, -0.05) is 0 Å². The molecule has 0 unspecified atom stereocenters. The zero-order valence-corrected chi connectivity index (χ0v) is 6.98. The van der Waals surface area contributed by atoms with Crippen molar-refractivity contribution < 1.29 is 0 Å². The zero-order chi connectivity index (χ0) is 7.84. The minimum atomic E-state index is 0.825. The molecule has 0 amide bonds. The van der Waals surface area contributed by atoms with Gasteiger partial charge in [0.25, 0.3) is 0 Å². The molecule has 0 saturated carbocycles. The van der Waals surface area contributed by atoms with Crippen LogP contribution in [0.1, 0.15) is 4.88 Å². The Balaban J connectivity index is 2.92. The smallest absolute Gasteiger partial charge is 0.104 e. The lowest BCUT2D eigenvalue weighted by Gasteiger charge is -1.88. The lowest BCUT2D eigenvalue weighted by molar-refractivity contribution is 1.42. The van der Waals surface area contributed by atoms with E-state index < -0.39 is 0 Å². The van der Waals surface area contributed by atoms with Crippen molar-refractivity contribution in [2.45, 2.75) is 6.92 Å². The van der Waals surface area contributed by atoms with Crippen LogP contribution in [-0.4, -0.2) is 4.98 Å². The monoisotopic (exact) mass is 164 g/mol. The van der Waals surface area contributed by atoms with Crippen LogP contribution in [0.5, 0.6) is 0 Å². The summed E-state index contributed by atoms with van der Waals surface area (Å²) in [5, 5.41) is 0. The van der Waals surface area contributed by atoms with Gasteiger partial charge in [-0.2, -0.15) is 0 Å². The van der Waals surface area contributed by atoms with E-state index in [0.717, 1.165) is 16.1 Å². The van der Waals surface area contributed by atoms with E-state index in [-0.39, 0.29) is 0 Å². The van der Waals surface area contributed by atoms with E-state index in [9.17, 15) is 0 Å². The maximum atomic E-state index is 5.79. The van der Waals surface area contributed by atoms with Gasteiger partial charge in [-0.3, -0.25) is 4.98 Å². The number of anilines is 1. The number of aromatic nitrogens is 1. The number of pyridine rings is 1. The van der Waals surface area contributed by atoms with Gasteiger partial charge in [0.15, 0.2) is 0 Å². The molecule has 2 N–H and O–H groups in total. The molecule has 2 rings (SSSR count). The molecular formula is C8H8N2S. The minimum absolute atomic E-state index is 0.825. The second-order valence-electron chi connectivity index (χ2n) is 2.42. The summed E-state index contributed by atoms with van der Waals surface area (Å²) >= 11 is 1.69. The largest absolute Gasteiger partial charge is 0.396 e. The summed E-state index contributed by atoms with van der Waals surface area (Å²) in [6.07, 6.45) is 1.77. The summed E-state index contributed by atoms with van der Waals surface area (Å²) < 4.78 is 1.17. The van der Waals surface area contributed by atoms with Crippen LogP contribution in [0.25, 0.3) is 10.2 Å². The molecule has 2 aromatic rings. The van der Waals surface area contributed by atoms with E-state index in [0.29, 0.717) is 0 Å². The summed E-state index contributed by atoms with van der Waals surface area (Å²) in [4.78, 5) is 5.34. The highest BCUT2D eigenvalue weighted by Crippen LogP contribution is 2.30. The Kier molecular flexibility index (Phi) is 1.32. The number of fused-ring (bicyclic) bond motifs is 1. The van der Waals surface area contributed by atoms with Crippen molar-refractivity contribution in [3.63, 3.8) is 0 Å². The molecule has 2 nitrogen and oxygen atoms in total. The predicted octanol–water partition coefficient (Wildman–Crippen LogP) is 2.19. The van der Waals surface area contributed by atoms with Crippen molar-refractivity contribution in [1.82, 2.24) is 4.98 Å². The third kappa shape index (κ3) is 0.886. The van der Waals surface area contributed by atoms with Gasteiger partial charge in [-0.05, 0) is 19.1 Å². The minimum Gasteiger partial charge on any atom is -0.396 e. The molecule has 0 radical (unpaired) electrons. The van der Waals surface area contributed by atoms with Crippen molar-refractivity contribution in [2.24, 2.45) is 0 Å². The Morgan fingerprint density at radius 1 is 1.55 bits per heavy atom. The first-order chi connectivity index (χ1) is 5.29. The molecule has 3 heteroatoms. The molecule has 0 fully saturated rings. The molecule has 0 atom stereocenters. The van der Waals surface area contributed by atoms with Crippen LogP contribution < -0.4 is 5.73 Å². The molecule has 2 aromatic heterocycles. The molecule has 0 aliphatic heterocycles. The third-order valence-electron chi connectivity index (χ3n) is 1.67. The van der Waals surface area contributed by atoms with Crippen LogP contribution in [0.3, 0.4) is 0 Å². The fourth-order valence-electron chi connectivity index (χ4n) is 1.06. The van der Waals surface area contributed by atoms with Gasteiger partial charge in [-0.25, -0.2) is 0 Å².